The van der Waals surface area contributed by atoms with E-state index in [1.165, 1.54) is 6.21 Å². The van der Waals surface area contributed by atoms with Crippen LogP contribution in [0.4, 0.5) is 0 Å². The Labute approximate surface area is 138 Å². The molecule has 1 amide bonds. The highest BCUT2D eigenvalue weighted by Gasteiger charge is 2.04. The Balaban J connectivity index is 1.84. The number of nitrogens with zero attached hydrogens (tertiary/aromatic N) is 1. The molecule has 2 aromatic carbocycles. The Bertz CT molecular complexity index is 702. The molecule has 0 fully saturated rings. The number of rotatable bonds is 5. The standard InChI is InChI=1S/C16H14Cl2N2O2/c1-11-8-13(17)6-7-15(11)22-10-16(21)20-19-9-12-4-2-3-5-14(12)18/h2-9H,10H2,1H3,(H,20,21)/b19-9-. The molecule has 114 valence electrons. The molecule has 0 bridgehead atoms. The first-order chi connectivity index (χ1) is 10.6. The van der Waals surface area contributed by atoms with E-state index in [0.717, 1.165) is 11.1 Å². The highest BCUT2D eigenvalue weighted by molar-refractivity contribution is 6.33. The number of hydrazone groups is 1. The van der Waals surface area contributed by atoms with Gasteiger partial charge >= 0.3 is 0 Å². The first-order valence-electron chi connectivity index (χ1n) is 6.51. The summed E-state index contributed by atoms with van der Waals surface area (Å²) in [5, 5.41) is 5.03. The van der Waals surface area contributed by atoms with Crippen LogP contribution in [0.25, 0.3) is 0 Å². The Morgan fingerprint density at radius 1 is 1.27 bits per heavy atom. The van der Waals surface area contributed by atoms with Gasteiger partial charge in [-0.15, -0.1) is 0 Å². The summed E-state index contributed by atoms with van der Waals surface area (Å²) in [4.78, 5) is 11.7. The number of halogens is 2. The Hall–Kier alpha value is -2.04. The largest absolute Gasteiger partial charge is 0.483 e. The van der Waals surface area contributed by atoms with Crippen LogP contribution in [0.5, 0.6) is 5.75 Å². The molecule has 0 spiro atoms. The number of hydrogen-bond acceptors (Lipinski definition) is 3. The van der Waals surface area contributed by atoms with Crippen molar-refractivity contribution in [2.45, 2.75) is 6.92 Å². The van der Waals surface area contributed by atoms with Crippen LogP contribution >= 0.6 is 23.2 Å². The number of carbonyl (C=O) groups excluding carboxylic acids is 1. The van der Waals surface area contributed by atoms with Gasteiger partial charge in [0.1, 0.15) is 5.75 Å². The van der Waals surface area contributed by atoms with E-state index < -0.39 is 0 Å². The fourth-order valence-corrected chi connectivity index (χ4v) is 2.12. The van der Waals surface area contributed by atoms with Gasteiger partial charge in [0.25, 0.3) is 5.91 Å². The highest BCUT2D eigenvalue weighted by atomic mass is 35.5. The first kappa shape index (κ1) is 16.3. The van der Waals surface area contributed by atoms with Crippen molar-refractivity contribution < 1.29 is 9.53 Å². The van der Waals surface area contributed by atoms with Crippen molar-refractivity contribution in [1.82, 2.24) is 5.43 Å². The molecule has 0 aromatic heterocycles. The lowest BCUT2D eigenvalue weighted by atomic mass is 10.2. The number of hydrogen-bond donors (Lipinski definition) is 1. The van der Waals surface area contributed by atoms with Crippen molar-refractivity contribution in [2.75, 3.05) is 6.61 Å². The van der Waals surface area contributed by atoms with Crippen molar-refractivity contribution in [3.05, 3.63) is 63.6 Å². The van der Waals surface area contributed by atoms with Gasteiger partial charge in [0.05, 0.1) is 6.21 Å². The fourth-order valence-electron chi connectivity index (χ4n) is 1.70. The highest BCUT2D eigenvalue weighted by Crippen LogP contribution is 2.21. The van der Waals surface area contributed by atoms with Gasteiger partial charge in [-0.1, -0.05) is 41.4 Å². The number of amides is 1. The molecule has 0 radical (unpaired) electrons. The zero-order valence-electron chi connectivity index (χ0n) is 11.8. The molecule has 0 atom stereocenters. The lowest BCUT2D eigenvalue weighted by molar-refractivity contribution is -0.123. The van der Waals surface area contributed by atoms with Gasteiger partial charge in [-0.2, -0.15) is 5.10 Å². The average molecular weight is 337 g/mol. The van der Waals surface area contributed by atoms with Crippen LogP contribution in [-0.2, 0) is 4.79 Å². The fraction of sp³-hybridized carbons (Fsp3) is 0.125. The van der Waals surface area contributed by atoms with Crippen molar-refractivity contribution >= 4 is 35.3 Å². The van der Waals surface area contributed by atoms with Crippen LogP contribution in [0.2, 0.25) is 10.0 Å². The molecule has 0 saturated carbocycles. The van der Waals surface area contributed by atoms with Gasteiger partial charge in [0.2, 0.25) is 0 Å². The molecule has 0 unspecified atom stereocenters. The van der Waals surface area contributed by atoms with E-state index in [1.54, 1.807) is 30.3 Å². The normalized spacial score (nSPS) is 10.7. The van der Waals surface area contributed by atoms with Crippen LogP contribution in [0.1, 0.15) is 11.1 Å². The molecule has 2 rings (SSSR count). The second-order valence-electron chi connectivity index (χ2n) is 4.51. The van der Waals surface area contributed by atoms with E-state index in [4.69, 9.17) is 27.9 Å². The zero-order chi connectivity index (χ0) is 15.9. The molecule has 0 aliphatic rings. The second-order valence-corrected chi connectivity index (χ2v) is 5.36. The minimum absolute atomic E-state index is 0.137. The topological polar surface area (TPSA) is 50.7 Å². The molecule has 0 heterocycles. The molecule has 0 aliphatic carbocycles. The quantitative estimate of drug-likeness (QED) is 0.666. The number of ether oxygens (including phenoxy) is 1. The Morgan fingerprint density at radius 3 is 2.77 bits per heavy atom. The SMILES string of the molecule is Cc1cc(Cl)ccc1OCC(=O)N/N=C\c1ccccc1Cl. The van der Waals surface area contributed by atoms with Gasteiger partial charge in [-0.3, -0.25) is 4.79 Å². The molecule has 4 nitrogen and oxygen atoms in total. The predicted molar refractivity (Wildman–Crippen MR) is 88.9 cm³/mol. The Morgan fingerprint density at radius 2 is 2.05 bits per heavy atom. The monoisotopic (exact) mass is 336 g/mol. The van der Waals surface area contributed by atoms with Crippen LogP contribution in [0.15, 0.2) is 47.6 Å². The van der Waals surface area contributed by atoms with Gasteiger partial charge in [-0.25, -0.2) is 5.43 Å². The summed E-state index contributed by atoms with van der Waals surface area (Å²) < 4.78 is 5.41. The number of nitrogens with one attached hydrogen (secondary N) is 1. The van der Waals surface area contributed by atoms with Crippen LogP contribution in [-0.4, -0.2) is 18.7 Å². The maximum absolute atomic E-state index is 11.7. The number of carbonyl (C=O) groups is 1. The van der Waals surface area contributed by atoms with E-state index in [1.807, 2.05) is 19.1 Å². The smallest absolute Gasteiger partial charge is 0.277 e. The summed E-state index contributed by atoms with van der Waals surface area (Å²) in [5.74, 6) is 0.243. The van der Waals surface area contributed by atoms with E-state index in [0.29, 0.717) is 15.8 Å². The number of benzene rings is 2. The van der Waals surface area contributed by atoms with Crippen LogP contribution in [0.3, 0.4) is 0 Å². The molecule has 0 aliphatic heterocycles. The Kier molecular flexibility index (Phi) is 5.81. The molecular formula is C16H14Cl2N2O2. The first-order valence-corrected chi connectivity index (χ1v) is 7.27. The maximum Gasteiger partial charge on any atom is 0.277 e. The summed E-state index contributed by atoms with van der Waals surface area (Å²) in [6.45, 7) is 1.72. The van der Waals surface area contributed by atoms with Crippen molar-refractivity contribution in [3.63, 3.8) is 0 Å². The third kappa shape index (κ3) is 4.76. The van der Waals surface area contributed by atoms with Gasteiger partial charge in [0, 0.05) is 15.6 Å². The predicted octanol–water partition coefficient (Wildman–Crippen LogP) is 3.83. The summed E-state index contributed by atoms with van der Waals surface area (Å²) in [6, 6.07) is 12.4. The van der Waals surface area contributed by atoms with Crippen LogP contribution in [0, 0.1) is 6.92 Å². The summed E-state index contributed by atoms with van der Waals surface area (Å²) in [6.07, 6.45) is 1.48. The third-order valence-corrected chi connectivity index (χ3v) is 3.37. The third-order valence-electron chi connectivity index (χ3n) is 2.79. The minimum atomic E-state index is -0.363. The molecule has 2 aromatic rings. The van der Waals surface area contributed by atoms with Gasteiger partial charge < -0.3 is 4.74 Å². The van der Waals surface area contributed by atoms with E-state index in [2.05, 4.69) is 10.5 Å². The average Bonchev–Trinajstić information content (AvgIpc) is 2.48. The van der Waals surface area contributed by atoms with E-state index in [9.17, 15) is 4.79 Å². The zero-order valence-corrected chi connectivity index (χ0v) is 13.4. The summed E-state index contributed by atoms with van der Waals surface area (Å²) >= 11 is 11.8. The molecule has 22 heavy (non-hydrogen) atoms. The lowest BCUT2D eigenvalue weighted by Gasteiger charge is -2.08. The van der Waals surface area contributed by atoms with Gasteiger partial charge in [-0.05, 0) is 36.8 Å². The molecule has 6 heteroatoms. The van der Waals surface area contributed by atoms with Crippen molar-refractivity contribution in [3.8, 4) is 5.75 Å². The number of aryl methyl sites for hydroxylation is 1. The lowest BCUT2D eigenvalue weighted by Crippen LogP contribution is -2.24. The van der Waals surface area contributed by atoms with Crippen LogP contribution < -0.4 is 10.2 Å². The van der Waals surface area contributed by atoms with E-state index >= 15 is 0 Å². The summed E-state index contributed by atoms with van der Waals surface area (Å²) in [7, 11) is 0. The minimum Gasteiger partial charge on any atom is -0.483 e. The van der Waals surface area contributed by atoms with Crippen molar-refractivity contribution in [2.24, 2.45) is 5.10 Å². The second kappa shape index (κ2) is 7.82. The van der Waals surface area contributed by atoms with Gasteiger partial charge in [0.15, 0.2) is 6.61 Å². The molecule has 0 saturated heterocycles. The van der Waals surface area contributed by atoms with Crippen molar-refractivity contribution in [1.29, 1.82) is 0 Å². The maximum atomic E-state index is 11.7. The molecular weight excluding hydrogens is 323 g/mol. The summed E-state index contributed by atoms with van der Waals surface area (Å²) in [5.41, 5.74) is 3.96. The van der Waals surface area contributed by atoms with E-state index in [-0.39, 0.29) is 12.5 Å². The molecule has 1 N–H and O–H groups in total.